The largest absolute Gasteiger partial charge is 0.497 e. The first-order chi connectivity index (χ1) is 9.47. The summed E-state index contributed by atoms with van der Waals surface area (Å²) in [4.78, 5) is 25.7. The monoisotopic (exact) mass is 278 g/mol. The molecule has 1 fully saturated rings. The van der Waals surface area contributed by atoms with Gasteiger partial charge < -0.3 is 14.8 Å². The van der Waals surface area contributed by atoms with Gasteiger partial charge in [0.1, 0.15) is 23.6 Å². The van der Waals surface area contributed by atoms with E-state index in [0.717, 1.165) is 0 Å². The van der Waals surface area contributed by atoms with Gasteiger partial charge in [0.15, 0.2) is 0 Å². The zero-order valence-electron chi connectivity index (χ0n) is 12.0. The molecule has 20 heavy (non-hydrogen) atoms. The van der Waals surface area contributed by atoms with Crippen LogP contribution in [0.15, 0.2) is 18.2 Å². The standard InChI is InChI=1S/C14H18N2O4/c1-8-14(18)16(9(2)13(17)15-8)10-5-11(19-3)7-12(6-10)20-4/h5-9H,1-4H3,(H,15,17). The number of carbonyl (C=O) groups excluding carboxylic acids is 2. The molecule has 1 aliphatic rings. The lowest BCUT2D eigenvalue weighted by atomic mass is 10.1. The molecule has 0 aliphatic carbocycles. The summed E-state index contributed by atoms with van der Waals surface area (Å²) in [6.45, 7) is 3.35. The number of benzene rings is 1. The molecule has 2 atom stereocenters. The Balaban J connectivity index is 2.47. The molecule has 1 aliphatic heterocycles. The minimum Gasteiger partial charge on any atom is -0.497 e. The van der Waals surface area contributed by atoms with Gasteiger partial charge in [0.05, 0.1) is 19.9 Å². The van der Waals surface area contributed by atoms with E-state index in [-0.39, 0.29) is 11.8 Å². The molecule has 1 aromatic carbocycles. The maximum absolute atomic E-state index is 12.3. The molecule has 2 rings (SSSR count). The number of amides is 2. The van der Waals surface area contributed by atoms with E-state index < -0.39 is 12.1 Å². The predicted molar refractivity (Wildman–Crippen MR) is 74.1 cm³/mol. The van der Waals surface area contributed by atoms with E-state index in [1.54, 1.807) is 32.0 Å². The van der Waals surface area contributed by atoms with E-state index in [1.807, 2.05) is 0 Å². The van der Waals surface area contributed by atoms with Crippen LogP contribution in [-0.4, -0.2) is 38.1 Å². The topological polar surface area (TPSA) is 67.9 Å². The normalized spacial score (nSPS) is 22.5. The van der Waals surface area contributed by atoms with Gasteiger partial charge >= 0.3 is 0 Å². The van der Waals surface area contributed by atoms with Crippen molar-refractivity contribution in [1.82, 2.24) is 5.32 Å². The Kier molecular flexibility index (Phi) is 3.83. The molecule has 0 saturated carbocycles. The van der Waals surface area contributed by atoms with Gasteiger partial charge in [-0.25, -0.2) is 0 Å². The highest BCUT2D eigenvalue weighted by Gasteiger charge is 2.37. The smallest absolute Gasteiger partial charge is 0.250 e. The highest BCUT2D eigenvalue weighted by Crippen LogP contribution is 2.30. The summed E-state index contributed by atoms with van der Waals surface area (Å²) in [6, 6.07) is 4.02. The van der Waals surface area contributed by atoms with Crippen molar-refractivity contribution in [2.75, 3.05) is 19.1 Å². The van der Waals surface area contributed by atoms with Crippen molar-refractivity contribution in [3.8, 4) is 11.5 Å². The Morgan fingerprint density at radius 2 is 1.60 bits per heavy atom. The first-order valence-electron chi connectivity index (χ1n) is 6.34. The van der Waals surface area contributed by atoms with Crippen LogP contribution in [-0.2, 0) is 9.59 Å². The zero-order chi connectivity index (χ0) is 14.9. The van der Waals surface area contributed by atoms with Crippen LogP contribution in [0.25, 0.3) is 0 Å². The molecular formula is C14H18N2O4. The number of hydrogen-bond donors (Lipinski definition) is 1. The fraction of sp³-hybridized carbons (Fsp3) is 0.429. The van der Waals surface area contributed by atoms with E-state index in [9.17, 15) is 9.59 Å². The van der Waals surface area contributed by atoms with Crippen molar-refractivity contribution in [2.24, 2.45) is 0 Å². The van der Waals surface area contributed by atoms with Crippen molar-refractivity contribution in [3.63, 3.8) is 0 Å². The molecule has 0 aromatic heterocycles. The predicted octanol–water partition coefficient (Wildman–Crippen LogP) is 0.944. The molecule has 0 spiro atoms. The maximum atomic E-state index is 12.3. The van der Waals surface area contributed by atoms with Crippen molar-refractivity contribution in [3.05, 3.63) is 18.2 Å². The number of nitrogens with zero attached hydrogens (tertiary/aromatic N) is 1. The van der Waals surface area contributed by atoms with Gasteiger partial charge in [-0.05, 0) is 13.8 Å². The number of anilines is 1. The van der Waals surface area contributed by atoms with E-state index in [4.69, 9.17) is 9.47 Å². The lowest BCUT2D eigenvalue weighted by Gasteiger charge is -2.36. The number of carbonyl (C=O) groups is 2. The maximum Gasteiger partial charge on any atom is 0.250 e. The minimum absolute atomic E-state index is 0.160. The molecule has 2 amide bonds. The van der Waals surface area contributed by atoms with Crippen molar-refractivity contribution < 1.29 is 19.1 Å². The molecular weight excluding hydrogens is 260 g/mol. The first kappa shape index (κ1) is 14.2. The molecule has 1 heterocycles. The average Bonchev–Trinajstić information content (AvgIpc) is 2.45. The van der Waals surface area contributed by atoms with Crippen molar-refractivity contribution in [2.45, 2.75) is 25.9 Å². The number of rotatable bonds is 3. The molecule has 108 valence electrons. The van der Waals surface area contributed by atoms with Crippen LogP contribution in [0, 0.1) is 0 Å². The third-order valence-electron chi connectivity index (χ3n) is 3.35. The van der Waals surface area contributed by atoms with Crippen molar-refractivity contribution in [1.29, 1.82) is 0 Å². The summed E-state index contributed by atoms with van der Waals surface area (Å²) < 4.78 is 10.4. The molecule has 6 heteroatoms. The minimum atomic E-state index is -0.574. The molecule has 1 aromatic rings. The fourth-order valence-corrected chi connectivity index (χ4v) is 2.19. The van der Waals surface area contributed by atoms with Crippen LogP contribution < -0.4 is 19.7 Å². The molecule has 1 N–H and O–H groups in total. The Labute approximate surface area is 117 Å². The Hall–Kier alpha value is -2.24. The first-order valence-corrected chi connectivity index (χ1v) is 6.34. The number of ether oxygens (including phenoxy) is 2. The van der Waals surface area contributed by atoms with E-state index in [2.05, 4.69) is 5.32 Å². The van der Waals surface area contributed by atoms with Crippen LogP contribution in [0.2, 0.25) is 0 Å². The summed E-state index contributed by atoms with van der Waals surface area (Å²) in [5.41, 5.74) is 0.584. The average molecular weight is 278 g/mol. The zero-order valence-corrected chi connectivity index (χ0v) is 12.0. The van der Waals surface area contributed by atoms with Gasteiger partial charge in [-0.1, -0.05) is 0 Å². The molecule has 0 radical (unpaired) electrons. The fourth-order valence-electron chi connectivity index (χ4n) is 2.19. The second-order valence-electron chi connectivity index (χ2n) is 4.69. The van der Waals surface area contributed by atoms with E-state index in [0.29, 0.717) is 17.2 Å². The summed E-state index contributed by atoms with van der Waals surface area (Å²) in [7, 11) is 3.07. The third kappa shape index (κ3) is 2.41. The Morgan fingerprint density at radius 3 is 2.10 bits per heavy atom. The van der Waals surface area contributed by atoms with Gasteiger partial charge in [0.2, 0.25) is 11.8 Å². The van der Waals surface area contributed by atoms with Gasteiger partial charge in [0, 0.05) is 18.2 Å². The highest BCUT2D eigenvalue weighted by atomic mass is 16.5. The molecule has 0 bridgehead atoms. The second kappa shape index (κ2) is 5.40. The quantitative estimate of drug-likeness (QED) is 0.893. The van der Waals surface area contributed by atoms with Gasteiger partial charge in [-0.2, -0.15) is 0 Å². The van der Waals surface area contributed by atoms with Crippen LogP contribution in [0.1, 0.15) is 13.8 Å². The second-order valence-corrected chi connectivity index (χ2v) is 4.69. The van der Waals surface area contributed by atoms with Crippen LogP contribution in [0.3, 0.4) is 0 Å². The number of methoxy groups -OCH3 is 2. The molecule has 1 saturated heterocycles. The van der Waals surface area contributed by atoms with E-state index in [1.165, 1.54) is 19.1 Å². The van der Waals surface area contributed by atoms with Crippen LogP contribution in [0.4, 0.5) is 5.69 Å². The van der Waals surface area contributed by atoms with Gasteiger partial charge in [0.25, 0.3) is 0 Å². The lowest BCUT2D eigenvalue weighted by molar-refractivity contribution is -0.133. The number of hydrogen-bond acceptors (Lipinski definition) is 4. The SMILES string of the molecule is COc1cc(OC)cc(N2C(=O)C(C)NC(=O)C2C)c1. The van der Waals surface area contributed by atoms with Crippen molar-refractivity contribution >= 4 is 17.5 Å². The van der Waals surface area contributed by atoms with E-state index >= 15 is 0 Å². The van der Waals surface area contributed by atoms with Gasteiger partial charge in [-0.15, -0.1) is 0 Å². The number of nitrogens with one attached hydrogen (secondary N) is 1. The summed E-state index contributed by atoms with van der Waals surface area (Å²) in [6.07, 6.45) is 0. The summed E-state index contributed by atoms with van der Waals surface area (Å²) in [5.74, 6) is 0.794. The van der Waals surface area contributed by atoms with Crippen LogP contribution in [0.5, 0.6) is 11.5 Å². The number of piperazine rings is 1. The Morgan fingerprint density at radius 1 is 1.05 bits per heavy atom. The van der Waals surface area contributed by atoms with Gasteiger partial charge in [-0.3, -0.25) is 14.5 Å². The molecule has 2 unspecified atom stereocenters. The summed E-state index contributed by atoms with van der Waals surface area (Å²) >= 11 is 0. The Bertz CT molecular complexity index is 522. The lowest BCUT2D eigenvalue weighted by Crippen LogP contribution is -2.61. The molecule has 6 nitrogen and oxygen atoms in total. The third-order valence-corrected chi connectivity index (χ3v) is 3.35. The van der Waals surface area contributed by atoms with Crippen LogP contribution >= 0.6 is 0 Å². The summed E-state index contributed by atoms with van der Waals surface area (Å²) in [5, 5.41) is 2.64. The highest BCUT2D eigenvalue weighted by molar-refractivity contribution is 6.08.